The first kappa shape index (κ1) is 21.1. The molecule has 1 aromatic rings. The fraction of sp³-hybridized carbons (Fsp3) is 0.579. The smallest absolute Gasteiger partial charge is 0.315 e. The van der Waals surface area contributed by atoms with E-state index in [4.69, 9.17) is 4.74 Å². The van der Waals surface area contributed by atoms with Gasteiger partial charge in [0.05, 0.1) is 12.5 Å². The second kappa shape index (κ2) is 9.68. The van der Waals surface area contributed by atoms with Crippen LogP contribution in [0.2, 0.25) is 0 Å². The van der Waals surface area contributed by atoms with Gasteiger partial charge in [0.25, 0.3) is 0 Å². The highest BCUT2D eigenvalue weighted by molar-refractivity contribution is 5.76. The summed E-state index contributed by atoms with van der Waals surface area (Å²) in [4.78, 5) is 25.6. The van der Waals surface area contributed by atoms with Gasteiger partial charge >= 0.3 is 6.03 Å². The quantitative estimate of drug-likeness (QED) is 0.542. The molecule has 4 N–H and O–H groups in total. The summed E-state index contributed by atoms with van der Waals surface area (Å²) in [5, 5.41) is 25.6. The van der Waals surface area contributed by atoms with Crippen molar-refractivity contribution in [2.45, 2.75) is 57.3 Å². The predicted molar refractivity (Wildman–Crippen MR) is 99.9 cm³/mol. The van der Waals surface area contributed by atoms with E-state index in [-0.39, 0.29) is 30.9 Å². The SMILES string of the molecule is CC(C)NC(=O)NC[C@@H]1O[C@@H](CC(=O)N(C)Cc2ccccc2)[C@H](O)[C@@H]1O. The van der Waals surface area contributed by atoms with Gasteiger partial charge in [0.1, 0.15) is 18.3 Å². The van der Waals surface area contributed by atoms with Gasteiger partial charge in [-0.3, -0.25) is 4.79 Å². The largest absolute Gasteiger partial charge is 0.388 e. The van der Waals surface area contributed by atoms with Crippen LogP contribution in [-0.4, -0.2) is 71.1 Å². The maximum absolute atomic E-state index is 12.4. The third kappa shape index (κ3) is 6.20. The van der Waals surface area contributed by atoms with Gasteiger partial charge in [-0.1, -0.05) is 30.3 Å². The molecule has 1 aromatic carbocycles. The lowest BCUT2D eigenvalue weighted by molar-refractivity contribution is -0.134. The fourth-order valence-corrected chi connectivity index (χ4v) is 2.94. The van der Waals surface area contributed by atoms with Crippen molar-refractivity contribution in [3.05, 3.63) is 35.9 Å². The molecule has 1 aliphatic rings. The fourth-order valence-electron chi connectivity index (χ4n) is 2.94. The first-order valence-corrected chi connectivity index (χ1v) is 9.11. The van der Waals surface area contributed by atoms with Crippen LogP contribution in [0.5, 0.6) is 0 Å². The van der Waals surface area contributed by atoms with Gasteiger partial charge in [0, 0.05) is 26.2 Å². The van der Waals surface area contributed by atoms with Crippen molar-refractivity contribution in [1.29, 1.82) is 0 Å². The number of hydrogen-bond donors (Lipinski definition) is 4. The molecule has 0 aliphatic carbocycles. The molecule has 8 heteroatoms. The molecule has 8 nitrogen and oxygen atoms in total. The Hall–Kier alpha value is -2.16. The van der Waals surface area contributed by atoms with Crippen molar-refractivity contribution in [3.63, 3.8) is 0 Å². The van der Waals surface area contributed by atoms with Crippen molar-refractivity contribution in [2.75, 3.05) is 13.6 Å². The Balaban J connectivity index is 1.83. The normalized spacial score (nSPS) is 24.7. The molecule has 4 atom stereocenters. The van der Waals surface area contributed by atoms with E-state index < -0.39 is 24.4 Å². The first-order chi connectivity index (χ1) is 12.8. The van der Waals surface area contributed by atoms with E-state index in [1.54, 1.807) is 11.9 Å². The van der Waals surface area contributed by atoms with E-state index in [2.05, 4.69) is 10.6 Å². The number of aliphatic hydroxyl groups is 2. The number of rotatable bonds is 7. The summed E-state index contributed by atoms with van der Waals surface area (Å²) in [5.74, 6) is -0.193. The number of carbonyl (C=O) groups is 2. The van der Waals surface area contributed by atoms with Crippen LogP contribution >= 0.6 is 0 Å². The minimum Gasteiger partial charge on any atom is -0.388 e. The van der Waals surface area contributed by atoms with Gasteiger partial charge < -0.3 is 30.5 Å². The molecular formula is C19H29N3O5. The highest BCUT2D eigenvalue weighted by Gasteiger charge is 2.43. The van der Waals surface area contributed by atoms with E-state index in [9.17, 15) is 19.8 Å². The topological polar surface area (TPSA) is 111 Å². The van der Waals surface area contributed by atoms with Crippen LogP contribution in [0.3, 0.4) is 0 Å². The summed E-state index contributed by atoms with van der Waals surface area (Å²) < 4.78 is 5.62. The summed E-state index contributed by atoms with van der Waals surface area (Å²) in [5.41, 5.74) is 1.000. The maximum Gasteiger partial charge on any atom is 0.315 e. The zero-order valence-electron chi connectivity index (χ0n) is 16.0. The number of nitrogens with one attached hydrogen (secondary N) is 2. The summed E-state index contributed by atoms with van der Waals surface area (Å²) >= 11 is 0. The molecule has 2 rings (SSSR count). The second-order valence-electron chi connectivity index (χ2n) is 7.14. The van der Waals surface area contributed by atoms with E-state index in [0.29, 0.717) is 6.54 Å². The molecule has 0 unspecified atom stereocenters. The van der Waals surface area contributed by atoms with Crippen LogP contribution in [0.25, 0.3) is 0 Å². The highest BCUT2D eigenvalue weighted by Crippen LogP contribution is 2.24. The average Bonchev–Trinajstić information content (AvgIpc) is 2.88. The Morgan fingerprint density at radius 2 is 1.78 bits per heavy atom. The van der Waals surface area contributed by atoms with Gasteiger partial charge in [-0.05, 0) is 19.4 Å². The zero-order chi connectivity index (χ0) is 20.0. The highest BCUT2D eigenvalue weighted by atomic mass is 16.5. The van der Waals surface area contributed by atoms with Crippen LogP contribution in [0.15, 0.2) is 30.3 Å². The third-order valence-corrected chi connectivity index (χ3v) is 4.41. The van der Waals surface area contributed by atoms with Crippen LogP contribution in [-0.2, 0) is 16.1 Å². The molecule has 3 amide bonds. The summed E-state index contributed by atoms with van der Waals surface area (Å²) in [6.45, 7) is 4.16. The van der Waals surface area contributed by atoms with Crippen molar-refractivity contribution in [3.8, 4) is 0 Å². The van der Waals surface area contributed by atoms with Gasteiger partial charge in [-0.2, -0.15) is 0 Å². The summed E-state index contributed by atoms with van der Waals surface area (Å²) in [6.07, 6.45) is -3.97. The van der Waals surface area contributed by atoms with Crippen molar-refractivity contribution in [1.82, 2.24) is 15.5 Å². The Labute approximate surface area is 159 Å². The van der Waals surface area contributed by atoms with Crippen molar-refractivity contribution < 1.29 is 24.5 Å². The maximum atomic E-state index is 12.4. The molecule has 0 spiro atoms. The zero-order valence-corrected chi connectivity index (χ0v) is 16.0. The van der Waals surface area contributed by atoms with Gasteiger partial charge in [-0.25, -0.2) is 4.79 Å². The van der Waals surface area contributed by atoms with Crippen LogP contribution in [0, 0.1) is 0 Å². The number of carbonyl (C=O) groups excluding carboxylic acids is 2. The Bertz CT molecular complexity index is 625. The number of nitrogens with zero attached hydrogens (tertiary/aromatic N) is 1. The minimum absolute atomic E-state index is 0.0180. The molecule has 150 valence electrons. The molecule has 0 radical (unpaired) electrons. The Morgan fingerprint density at radius 1 is 1.15 bits per heavy atom. The molecule has 27 heavy (non-hydrogen) atoms. The van der Waals surface area contributed by atoms with Gasteiger partial charge in [0.15, 0.2) is 0 Å². The molecule has 1 fully saturated rings. The van der Waals surface area contributed by atoms with E-state index in [1.807, 2.05) is 44.2 Å². The van der Waals surface area contributed by atoms with E-state index >= 15 is 0 Å². The van der Waals surface area contributed by atoms with Crippen molar-refractivity contribution >= 4 is 11.9 Å². The number of urea groups is 1. The first-order valence-electron chi connectivity index (χ1n) is 9.11. The molecular weight excluding hydrogens is 350 g/mol. The molecule has 1 heterocycles. The lowest BCUT2D eigenvalue weighted by atomic mass is 10.0. The molecule has 0 aromatic heterocycles. The average molecular weight is 379 g/mol. The Morgan fingerprint density at radius 3 is 2.41 bits per heavy atom. The number of amides is 3. The van der Waals surface area contributed by atoms with Crippen molar-refractivity contribution in [2.24, 2.45) is 0 Å². The number of aliphatic hydroxyl groups excluding tert-OH is 2. The number of ether oxygens (including phenoxy) is 1. The minimum atomic E-state index is -1.18. The standard InChI is InChI=1S/C19H29N3O5/c1-12(2)21-19(26)20-10-15-18(25)17(24)14(27-15)9-16(23)22(3)11-13-7-5-4-6-8-13/h4-8,12,14-15,17-18,24-25H,9-11H2,1-3H3,(H2,20,21,26)/t14-,15-,17-,18+/m0/s1. The molecule has 1 saturated heterocycles. The summed E-state index contributed by atoms with van der Waals surface area (Å²) in [7, 11) is 1.68. The lowest BCUT2D eigenvalue weighted by Crippen LogP contribution is -2.45. The van der Waals surface area contributed by atoms with E-state index in [1.165, 1.54) is 0 Å². The predicted octanol–water partition coefficient (Wildman–Crippen LogP) is 0.232. The van der Waals surface area contributed by atoms with Gasteiger partial charge in [-0.15, -0.1) is 0 Å². The van der Waals surface area contributed by atoms with E-state index in [0.717, 1.165) is 5.56 Å². The number of benzene rings is 1. The monoisotopic (exact) mass is 379 g/mol. The van der Waals surface area contributed by atoms with Gasteiger partial charge in [0.2, 0.25) is 5.91 Å². The van der Waals surface area contributed by atoms with Crippen LogP contribution < -0.4 is 10.6 Å². The molecule has 0 saturated carbocycles. The van der Waals surface area contributed by atoms with Crippen LogP contribution in [0.4, 0.5) is 4.79 Å². The summed E-state index contributed by atoms with van der Waals surface area (Å²) in [6, 6.07) is 9.18. The molecule has 0 bridgehead atoms. The number of hydrogen-bond acceptors (Lipinski definition) is 5. The lowest BCUT2D eigenvalue weighted by Gasteiger charge is -2.21. The van der Waals surface area contributed by atoms with Crippen LogP contribution in [0.1, 0.15) is 25.8 Å². The second-order valence-corrected chi connectivity index (χ2v) is 7.14. The third-order valence-electron chi connectivity index (χ3n) is 4.41. The molecule has 1 aliphatic heterocycles. The Kier molecular flexibility index (Phi) is 7.58.